The molecule has 0 unspecified atom stereocenters. The monoisotopic (exact) mass is 246 g/mol. The summed E-state index contributed by atoms with van der Waals surface area (Å²) in [5.41, 5.74) is 2.37. The number of carbonyl (C=O) groups excluding carboxylic acids is 1. The Morgan fingerprint density at radius 3 is 2.67 bits per heavy atom. The van der Waals surface area contributed by atoms with Crippen molar-refractivity contribution in [2.45, 2.75) is 33.1 Å². The van der Waals surface area contributed by atoms with Crippen molar-refractivity contribution in [1.29, 1.82) is 0 Å². The van der Waals surface area contributed by atoms with Gasteiger partial charge in [-0.2, -0.15) is 0 Å². The first-order valence-corrected chi connectivity index (χ1v) is 6.08. The fraction of sp³-hybridized carbons (Fsp3) is 0.429. The van der Waals surface area contributed by atoms with Crippen molar-refractivity contribution in [3.63, 3.8) is 0 Å². The van der Waals surface area contributed by atoms with Gasteiger partial charge in [-0.05, 0) is 24.0 Å². The van der Waals surface area contributed by atoms with Gasteiger partial charge in [-0.15, -0.1) is 0 Å². The van der Waals surface area contributed by atoms with Gasteiger partial charge in [0.1, 0.15) is 5.65 Å². The zero-order valence-corrected chi connectivity index (χ0v) is 11.2. The van der Waals surface area contributed by atoms with Crippen LogP contribution in [0.25, 0.3) is 5.65 Å². The van der Waals surface area contributed by atoms with Gasteiger partial charge >= 0.3 is 5.97 Å². The topological polar surface area (TPSA) is 43.6 Å². The van der Waals surface area contributed by atoms with E-state index < -0.39 is 0 Å². The molecule has 0 aliphatic rings. The SMILES string of the molecule is CCOC(=O)c1cn2cc(C(C)(C)C)ccc2n1. The highest BCUT2D eigenvalue weighted by Crippen LogP contribution is 2.22. The van der Waals surface area contributed by atoms with E-state index in [4.69, 9.17) is 4.74 Å². The molecule has 4 heteroatoms. The fourth-order valence-corrected chi connectivity index (χ4v) is 1.74. The number of aromatic nitrogens is 2. The Bertz CT molecular complexity index is 579. The number of fused-ring (bicyclic) bond motifs is 1. The van der Waals surface area contributed by atoms with Crippen LogP contribution in [0.1, 0.15) is 43.7 Å². The number of rotatable bonds is 2. The Balaban J connectivity index is 2.43. The highest BCUT2D eigenvalue weighted by atomic mass is 16.5. The van der Waals surface area contributed by atoms with Crippen molar-refractivity contribution in [3.05, 3.63) is 35.8 Å². The molecule has 0 fully saturated rings. The van der Waals surface area contributed by atoms with E-state index in [1.807, 2.05) is 22.7 Å². The molecule has 0 bridgehead atoms. The maximum absolute atomic E-state index is 11.6. The molecule has 0 aromatic carbocycles. The Hall–Kier alpha value is -1.84. The van der Waals surface area contributed by atoms with Crippen LogP contribution in [0.15, 0.2) is 24.5 Å². The number of hydrogen-bond donors (Lipinski definition) is 0. The van der Waals surface area contributed by atoms with Crippen LogP contribution in [0.2, 0.25) is 0 Å². The van der Waals surface area contributed by atoms with Crippen LogP contribution >= 0.6 is 0 Å². The summed E-state index contributed by atoms with van der Waals surface area (Å²) in [6.45, 7) is 8.59. The quantitative estimate of drug-likeness (QED) is 0.765. The lowest BCUT2D eigenvalue weighted by Gasteiger charge is -2.18. The van der Waals surface area contributed by atoms with Crippen molar-refractivity contribution in [2.75, 3.05) is 6.61 Å². The van der Waals surface area contributed by atoms with Gasteiger partial charge in [0, 0.05) is 12.4 Å². The van der Waals surface area contributed by atoms with Crippen molar-refractivity contribution in [2.24, 2.45) is 0 Å². The average molecular weight is 246 g/mol. The molecular weight excluding hydrogens is 228 g/mol. The summed E-state index contributed by atoms with van der Waals surface area (Å²) in [6, 6.07) is 3.96. The first-order chi connectivity index (χ1) is 8.41. The summed E-state index contributed by atoms with van der Waals surface area (Å²) in [4.78, 5) is 15.8. The average Bonchev–Trinajstić information content (AvgIpc) is 2.70. The Morgan fingerprint density at radius 2 is 2.06 bits per heavy atom. The van der Waals surface area contributed by atoms with Crippen LogP contribution in [-0.4, -0.2) is 22.0 Å². The number of ether oxygens (including phenoxy) is 1. The third-order valence-corrected chi connectivity index (χ3v) is 2.80. The summed E-state index contributed by atoms with van der Waals surface area (Å²) >= 11 is 0. The smallest absolute Gasteiger partial charge is 0.358 e. The van der Waals surface area contributed by atoms with E-state index in [0.717, 1.165) is 5.65 Å². The molecule has 0 radical (unpaired) electrons. The molecule has 2 aromatic heterocycles. The van der Waals surface area contributed by atoms with Crippen LogP contribution in [-0.2, 0) is 10.2 Å². The highest BCUT2D eigenvalue weighted by molar-refractivity contribution is 5.87. The lowest BCUT2D eigenvalue weighted by molar-refractivity contribution is 0.0520. The van der Waals surface area contributed by atoms with Crippen molar-refractivity contribution in [3.8, 4) is 0 Å². The minimum atomic E-state index is -0.376. The summed E-state index contributed by atoms with van der Waals surface area (Å²) in [5.74, 6) is -0.376. The molecule has 2 aromatic rings. The minimum absolute atomic E-state index is 0.0720. The number of pyridine rings is 1. The van der Waals surface area contributed by atoms with E-state index in [-0.39, 0.29) is 11.4 Å². The number of nitrogens with zero attached hydrogens (tertiary/aromatic N) is 2. The Kier molecular flexibility index (Phi) is 3.11. The molecule has 0 saturated carbocycles. The van der Waals surface area contributed by atoms with Gasteiger partial charge in [0.2, 0.25) is 0 Å². The summed E-state index contributed by atoms with van der Waals surface area (Å²) < 4.78 is 6.81. The standard InChI is InChI=1S/C14H18N2O2/c1-5-18-13(17)11-9-16-8-10(14(2,3)4)6-7-12(16)15-11/h6-9H,5H2,1-4H3. The second-order valence-corrected chi connectivity index (χ2v) is 5.28. The predicted molar refractivity (Wildman–Crippen MR) is 69.8 cm³/mol. The largest absolute Gasteiger partial charge is 0.461 e. The molecule has 0 aliphatic heterocycles. The Labute approximate surface area is 107 Å². The van der Waals surface area contributed by atoms with Gasteiger partial charge in [0.15, 0.2) is 5.69 Å². The van der Waals surface area contributed by atoms with Crippen molar-refractivity contribution in [1.82, 2.24) is 9.38 Å². The van der Waals surface area contributed by atoms with E-state index in [2.05, 4.69) is 25.8 Å². The zero-order valence-electron chi connectivity index (χ0n) is 11.2. The number of imidazole rings is 1. The lowest BCUT2D eigenvalue weighted by atomic mass is 9.88. The third-order valence-electron chi connectivity index (χ3n) is 2.80. The van der Waals surface area contributed by atoms with Crippen LogP contribution in [0.3, 0.4) is 0 Å². The second-order valence-electron chi connectivity index (χ2n) is 5.28. The van der Waals surface area contributed by atoms with E-state index in [1.165, 1.54) is 5.56 Å². The second kappa shape index (κ2) is 4.44. The van der Waals surface area contributed by atoms with E-state index in [1.54, 1.807) is 13.1 Å². The summed E-state index contributed by atoms with van der Waals surface area (Å²) in [5, 5.41) is 0. The van der Waals surface area contributed by atoms with Gasteiger partial charge in [0.05, 0.1) is 6.61 Å². The molecule has 2 heterocycles. The fourth-order valence-electron chi connectivity index (χ4n) is 1.74. The summed E-state index contributed by atoms with van der Waals surface area (Å²) in [7, 11) is 0. The minimum Gasteiger partial charge on any atom is -0.461 e. The number of carbonyl (C=O) groups is 1. The van der Waals surface area contributed by atoms with Crippen LogP contribution in [0, 0.1) is 0 Å². The van der Waals surface area contributed by atoms with Crippen LogP contribution < -0.4 is 0 Å². The van der Waals surface area contributed by atoms with Gasteiger partial charge in [-0.3, -0.25) is 0 Å². The van der Waals surface area contributed by atoms with Crippen LogP contribution in [0.5, 0.6) is 0 Å². The molecule has 0 atom stereocenters. The molecule has 0 saturated heterocycles. The number of hydrogen-bond acceptors (Lipinski definition) is 3. The van der Waals surface area contributed by atoms with E-state index in [9.17, 15) is 4.79 Å². The molecule has 0 spiro atoms. The van der Waals surface area contributed by atoms with E-state index in [0.29, 0.717) is 12.3 Å². The van der Waals surface area contributed by atoms with E-state index >= 15 is 0 Å². The molecule has 2 rings (SSSR count). The molecule has 0 N–H and O–H groups in total. The molecule has 0 aliphatic carbocycles. The summed E-state index contributed by atoms with van der Waals surface area (Å²) in [6.07, 6.45) is 3.72. The predicted octanol–water partition coefficient (Wildman–Crippen LogP) is 2.81. The number of esters is 1. The molecular formula is C14H18N2O2. The molecule has 4 nitrogen and oxygen atoms in total. The van der Waals surface area contributed by atoms with Crippen molar-refractivity contribution < 1.29 is 9.53 Å². The third kappa shape index (κ3) is 2.37. The normalized spacial score (nSPS) is 11.8. The van der Waals surface area contributed by atoms with Gasteiger partial charge in [0.25, 0.3) is 0 Å². The maximum Gasteiger partial charge on any atom is 0.358 e. The Morgan fingerprint density at radius 1 is 1.33 bits per heavy atom. The van der Waals surface area contributed by atoms with Gasteiger partial charge < -0.3 is 9.14 Å². The molecule has 0 amide bonds. The first kappa shape index (κ1) is 12.6. The van der Waals surface area contributed by atoms with Gasteiger partial charge in [-0.1, -0.05) is 26.8 Å². The zero-order chi connectivity index (χ0) is 13.3. The van der Waals surface area contributed by atoms with Crippen molar-refractivity contribution >= 4 is 11.6 Å². The lowest BCUT2D eigenvalue weighted by Crippen LogP contribution is -2.11. The highest BCUT2D eigenvalue weighted by Gasteiger charge is 2.16. The first-order valence-electron chi connectivity index (χ1n) is 6.08. The van der Waals surface area contributed by atoms with Crippen LogP contribution in [0.4, 0.5) is 0 Å². The molecule has 96 valence electrons. The maximum atomic E-state index is 11.6. The van der Waals surface area contributed by atoms with Gasteiger partial charge in [-0.25, -0.2) is 9.78 Å². The molecule has 18 heavy (non-hydrogen) atoms.